The van der Waals surface area contributed by atoms with E-state index < -0.39 is 5.97 Å². The molecular formula is C8H9ClN4O3. The first-order valence-corrected chi connectivity index (χ1v) is 4.07. The van der Waals surface area contributed by atoms with Crippen LogP contribution in [0.3, 0.4) is 0 Å². The minimum Gasteiger partial charge on any atom is -0.491 e. The average Bonchev–Trinajstić information content (AvgIpc) is 2.25. The molecule has 1 rings (SSSR count). The number of carbonyl (C=O) groups is 1. The van der Waals surface area contributed by atoms with Gasteiger partial charge in [0.05, 0.1) is 13.2 Å². The normalized spacial score (nSPS) is 8.50. The van der Waals surface area contributed by atoms with Crippen LogP contribution in [0.1, 0.15) is 10.5 Å². The number of rotatable bonds is 5. The fourth-order valence-corrected chi connectivity index (χ4v) is 0.909. The summed E-state index contributed by atoms with van der Waals surface area (Å²) in [5.74, 6) is -0.993. The smallest absolute Gasteiger partial charge is 0.358 e. The Bertz CT molecular complexity index is 406. The molecular weight excluding hydrogens is 236 g/mol. The SMILES string of the molecule is Cl.[N-]=[N+]=NCCOc1cccnc1C(=O)O. The zero-order valence-electron chi connectivity index (χ0n) is 8.11. The van der Waals surface area contributed by atoms with Crippen LogP contribution in [0, 0.1) is 0 Å². The molecule has 0 radical (unpaired) electrons. The molecule has 0 unspecified atom stereocenters. The fourth-order valence-electron chi connectivity index (χ4n) is 0.909. The molecule has 0 fully saturated rings. The number of carboxylic acid groups (broad SMARTS) is 1. The van der Waals surface area contributed by atoms with E-state index in [9.17, 15) is 4.79 Å². The molecule has 0 spiro atoms. The predicted octanol–water partition coefficient (Wildman–Crippen LogP) is 1.89. The van der Waals surface area contributed by atoms with E-state index in [2.05, 4.69) is 15.0 Å². The van der Waals surface area contributed by atoms with Gasteiger partial charge in [-0.15, -0.1) is 12.4 Å². The summed E-state index contributed by atoms with van der Waals surface area (Å²) in [6.07, 6.45) is 1.36. The molecule has 0 amide bonds. The van der Waals surface area contributed by atoms with Crippen molar-refractivity contribution in [2.45, 2.75) is 0 Å². The van der Waals surface area contributed by atoms with Crippen molar-refractivity contribution < 1.29 is 14.6 Å². The first kappa shape index (κ1) is 14.0. The summed E-state index contributed by atoms with van der Waals surface area (Å²) in [5, 5.41) is 12.0. The highest BCUT2D eigenvalue weighted by molar-refractivity contribution is 5.88. The highest BCUT2D eigenvalue weighted by Crippen LogP contribution is 2.14. The van der Waals surface area contributed by atoms with E-state index in [0.29, 0.717) is 0 Å². The van der Waals surface area contributed by atoms with Gasteiger partial charge in [-0.1, -0.05) is 5.11 Å². The summed E-state index contributed by atoms with van der Waals surface area (Å²) < 4.78 is 5.09. The molecule has 1 aromatic heterocycles. The summed E-state index contributed by atoms with van der Waals surface area (Å²) in [6, 6.07) is 3.06. The minimum absolute atomic E-state index is 0. The van der Waals surface area contributed by atoms with Crippen molar-refractivity contribution in [3.8, 4) is 5.75 Å². The van der Waals surface area contributed by atoms with E-state index in [4.69, 9.17) is 15.4 Å². The predicted molar refractivity (Wildman–Crippen MR) is 58.0 cm³/mol. The molecule has 86 valence electrons. The number of nitrogens with zero attached hydrogens (tertiary/aromatic N) is 4. The number of halogens is 1. The highest BCUT2D eigenvalue weighted by atomic mass is 35.5. The maximum Gasteiger partial charge on any atom is 0.358 e. The number of ether oxygens (including phenoxy) is 1. The number of hydrogen-bond acceptors (Lipinski definition) is 4. The first-order chi connectivity index (χ1) is 7.25. The molecule has 8 heteroatoms. The molecule has 0 atom stereocenters. The molecule has 0 aliphatic carbocycles. The maximum absolute atomic E-state index is 10.7. The summed E-state index contributed by atoms with van der Waals surface area (Å²) in [6.45, 7) is 0.264. The summed E-state index contributed by atoms with van der Waals surface area (Å²) >= 11 is 0. The van der Waals surface area contributed by atoms with Gasteiger partial charge in [0, 0.05) is 11.1 Å². The van der Waals surface area contributed by atoms with E-state index in [-0.39, 0.29) is 37.0 Å². The topological polar surface area (TPSA) is 108 Å². The Labute approximate surface area is 97.1 Å². The van der Waals surface area contributed by atoms with Crippen molar-refractivity contribution in [1.82, 2.24) is 4.98 Å². The zero-order chi connectivity index (χ0) is 11.1. The monoisotopic (exact) mass is 244 g/mol. The van der Waals surface area contributed by atoms with E-state index in [1.807, 2.05) is 0 Å². The second-order valence-corrected chi connectivity index (χ2v) is 2.46. The lowest BCUT2D eigenvalue weighted by molar-refractivity contribution is 0.0685. The van der Waals surface area contributed by atoms with E-state index in [1.165, 1.54) is 12.3 Å². The van der Waals surface area contributed by atoms with Gasteiger partial charge in [0.15, 0.2) is 11.4 Å². The van der Waals surface area contributed by atoms with Gasteiger partial charge in [0.1, 0.15) is 0 Å². The summed E-state index contributed by atoms with van der Waals surface area (Å²) in [7, 11) is 0. The Kier molecular flexibility index (Phi) is 6.42. The third-order valence-corrected chi connectivity index (χ3v) is 1.49. The van der Waals surface area contributed by atoms with Gasteiger partial charge >= 0.3 is 5.97 Å². The number of aromatic carboxylic acids is 1. The van der Waals surface area contributed by atoms with Gasteiger partial charge in [-0.2, -0.15) is 0 Å². The second-order valence-electron chi connectivity index (χ2n) is 2.46. The summed E-state index contributed by atoms with van der Waals surface area (Å²) in [5.41, 5.74) is 7.85. The van der Waals surface area contributed by atoms with Crippen LogP contribution >= 0.6 is 12.4 Å². The number of carboxylic acids is 1. The average molecular weight is 245 g/mol. The Balaban J connectivity index is 0.00000225. The van der Waals surface area contributed by atoms with Crippen molar-refractivity contribution in [3.63, 3.8) is 0 Å². The van der Waals surface area contributed by atoms with Crippen LogP contribution in [0.4, 0.5) is 0 Å². The second kappa shape index (κ2) is 7.33. The minimum atomic E-state index is -1.16. The highest BCUT2D eigenvalue weighted by Gasteiger charge is 2.11. The van der Waals surface area contributed by atoms with Gasteiger partial charge in [-0.25, -0.2) is 9.78 Å². The molecule has 1 N–H and O–H groups in total. The fraction of sp³-hybridized carbons (Fsp3) is 0.250. The van der Waals surface area contributed by atoms with Gasteiger partial charge in [-0.3, -0.25) is 0 Å². The van der Waals surface area contributed by atoms with Gasteiger partial charge in [0.2, 0.25) is 0 Å². The Morgan fingerprint density at radius 3 is 3.06 bits per heavy atom. The van der Waals surface area contributed by atoms with Crippen LogP contribution in [0.25, 0.3) is 10.4 Å². The van der Waals surface area contributed by atoms with Gasteiger partial charge in [-0.05, 0) is 17.7 Å². The molecule has 0 aliphatic heterocycles. The molecule has 0 aliphatic rings. The van der Waals surface area contributed by atoms with Crippen LogP contribution in [0.5, 0.6) is 5.75 Å². The third kappa shape index (κ3) is 4.04. The molecule has 7 nitrogen and oxygen atoms in total. The van der Waals surface area contributed by atoms with Crippen molar-refractivity contribution in [2.24, 2.45) is 5.11 Å². The van der Waals surface area contributed by atoms with Crippen LogP contribution in [0.2, 0.25) is 0 Å². The Hall–Kier alpha value is -1.98. The Morgan fingerprint density at radius 2 is 2.44 bits per heavy atom. The molecule has 0 saturated heterocycles. The third-order valence-electron chi connectivity index (χ3n) is 1.49. The van der Waals surface area contributed by atoms with Crippen LogP contribution < -0.4 is 4.74 Å². The number of hydrogen-bond donors (Lipinski definition) is 1. The molecule has 16 heavy (non-hydrogen) atoms. The van der Waals surface area contributed by atoms with Crippen molar-refractivity contribution in [2.75, 3.05) is 13.2 Å². The molecule has 1 heterocycles. The van der Waals surface area contributed by atoms with E-state index in [0.717, 1.165) is 0 Å². The maximum atomic E-state index is 10.7. The lowest BCUT2D eigenvalue weighted by Crippen LogP contribution is -2.07. The quantitative estimate of drug-likeness (QED) is 0.369. The van der Waals surface area contributed by atoms with Crippen LogP contribution in [-0.4, -0.2) is 29.2 Å². The lowest BCUT2D eigenvalue weighted by Gasteiger charge is -2.05. The van der Waals surface area contributed by atoms with E-state index >= 15 is 0 Å². The standard InChI is InChI=1S/C8H8N4O3.ClH/c9-12-11-4-5-15-6-2-1-3-10-7(6)8(13)14;/h1-3H,4-5H2,(H,13,14);1H. The van der Waals surface area contributed by atoms with Gasteiger partial charge < -0.3 is 9.84 Å². The summed E-state index contributed by atoms with van der Waals surface area (Å²) in [4.78, 5) is 16.9. The van der Waals surface area contributed by atoms with E-state index in [1.54, 1.807) is 6.07 Å². The Morgan fingerprint density at radius 1 is 1.69 bits per heavy atom. The zero-order valence-corrected chi connectivity index (χ0v) is 8.92. The molecule has 0 bridgehead atoms. The van der Waals surface area contributed by atoms with Crippen molar-refractivity contribution in [1.29, 1.82) is 0 Å². The number of aromatic nitrogens is 1. The van der Waals surface area contributed by atoms with Gasteiger partial charge in [0.25, 0.3) is 0 Å². The van der Waals surface area contributed by atoms with Crippen LogP contribution in [0.15, 0.2) is 23.4 Å². The number of azide groups is 1. The molecule has 0 saturated carbocycles. The first-order valence-electron chi connectivity index (χ1n) is 4.07. The number of pyridine rings is 1. The largest absolute Gasteiger partial charge is 0.491 e. The molecule has 0 aromatic carbocycles. The van der Waals surface area contributed by atoms with Crippen molar-refractivity contribution >= 4 is 18.4 Å². The van der Waals surface area contributed by atoms with Crippen LogP contribution in [-0.2, 0) is 0 Å². The molecule has 1 aromatic rings. The lowest BCUT2D eigenvalue weighted by atomic mass is 10.3. The van der Waals surface area contributed by atoms with Crippen molar-refractivity contribution in [3.05, 3.63) is 34.5 Å².